The Morgan fingerprint density at radius 2 is 2.14 bits per heavy atom. The molecule has 0 fully saturated rings. The fourth-order valence-corrected chi connectivity index (χ4v) is 1.85. The molecule has 2 N–H and O–H groups in total. The second-order valence-corrected chi connectivity index (χ2v) is 4.73. The number of hydrogen-bond donors (Lipinski definition) is 1. The van der Waals surface area contributed by atoms with Gasteiger partial charge in [0.15, 0.2) is 5.82 Å². The number of aromatic nitrogens is 2. The van der Waals surface area contributed by atoms with Gasteiger partial charge < -0.3 is 5.73 Å². The summed E-state index contributed by atoms with van der Waals surface area (Å²) < 4.78 is 1.82. The molecule has 0 aliphatic carbocycles. The van der Waals surface area contributed by atoms with Gasteiger partial charge >= 0.3 is 0 Å². The first-order chi connectivity index (χ1) is 6.49. The third-order valence-electron chi connectivity index (χ3n) is 2.12. The molecule has 0 aliphatic heterocycles. The molecule has 3 nitrogen and oxygen atoms in total. The zero-order valence-corrected chi connectivity index (χ0v) is 9.75. The van der Waals surface area contributed by atoms with E-state index in [4.69, 9.17) is 17.3 Å². The van der Waals surface area contributed by atoms with Crippen molar-refractivity contribution in [1.82, 2.24) is 9.78 Å². The topological polar surface area (TPSA) is 43.8 Å². The highest BCUT2D eigenvalue weighted by atomic mass is 35.5. The highest BCUT2D eigenvalue weighted by Gasteiger charge is 2.08. The highest BCUT2D eigenvalue weighted by Crippen LogP contribution is 2.18. The van der Waals surface area contributed by atoms with Gasteiger partial charge in [0, 0.05) is 12.7 Å². The van der Waals surface area contributed by atoms with Gasteiger partial charge in [0.25, 0.3) is 0 Å². The van der Waals surface area contributed by atoms with E-state index in [1.54, 1.807) is 6.20 Å². The van der Waals surface area contributed by atoms with Gasteiger partial charge in [-0.05, 0) is 18.3 Å². The SMILES string of the molecule is CC(C)CC(C)Cn1cc(Cl)c(N)n1. The average molecular weight is 216 g/mol. The van der Waals surface area contributed by atoms with Crippen molar-refractivity contribution in [3.63, 3.8) is 0 Å². The summed E-state index contributed by atoms with van der Waals surface area (Å²) >= 11 is 5.81. The monoisotopic (exact) mass is 215 g/mol. The fourth-order valence-electron chi connectivity index (χ4n) is 1.70. The lowest BCUT2D eigenvalue weighted by molar-refractivity contribution is 0.374. The number of nitrogens with zero attached hydrogens (tertiary/aromatic N) is 2. The van der Waals surface area contributed by atoms with Crippen molar-refractivity contribution in [3.8, 4) is 0 Å². The van der Waals surface area contributed by atoms with E-state index in [0.717, 1.165) is 6.54 Å². The summed E-state index contributed by atoms with van der Waals surface area (Å²) in [6.45, 7) is 7.54. The molecule has 4 heteroatoms. The molecule has 1 rings (SSSR count). The van der Waals surface area contributed by atoms with Crippen LogP contribution in [-0.4, -0.2) is 9.78 Å². The Bertz CT molecular complexity index is 274. The van der Waals surface area contributed by atoms with Crippen LogP contribution in [0.1, 0.15) is 27.2 Å². The molecule has 80 valence electrons. The Balaban J connectivity index is 2.51. The number of anilines is 1. The standard InChI is InChI=1S/C10H18ClN3/c1-7(2)4-8(3)5-14-6-9(11)10(12)13-14/h6-8H,4-5H2,1-3H3,(H2,12,13). The lowest BCUT2D eigenvalue weighted by atomic mass is 9.99. The molecular formula is C10H18ClN3. The molecule has 0 spiro atoms. The minimum Gasteiger partial charge on any atom is -0.381 e. The smallest absolute Gasteiger partial charge is 0.164 e. The lowest BCUT2D eigenvalue weighted by Crippen LogP contribution is -2.10. The van der Waals surface area contributed by atoms with Gasteiger partial charge in [-0.3, -0.25) is 4.68 Å². The van der Waals surface area contributed by atoms with Crippen LogP contribution in [0, 0.1) is 11.8 Å². The van der Waals surface area contributed by atoms with E-state index in [0.29, 0.717) is 22.7 Å². The largest absolute Gasteiger partial charge is 0.381 e. The molecule has 1 aromatic heterocycles. The van der Waals surface area contributed by atoms with Crippen molar-refractivity contribution in [2.75, 3.05) is 5.73 Å². The molecule has 0 saturated carbocycles. The van der Waals surface area contributed by atoms with Crippen LogP contribution in [-0.2, 0) is 6.54 Å². The van der Waals surface area contributed by atoms with Gasteiger partial charge in [-0.25, -0.2) is 0 Å². The maximum absolute atomic E-state index is 5.81. The van der Waals surface area contributed by atoms with E-state index >= 15 is 0 Å². The third kappa shape index (κ3) is 3.22. The maximum atomic E-state index is 5.81. The summed E-state index contributed by atoms with van der Waals surface area (Å²) in [6, 6.07) is 0. The first-order valence-electron chi connectivity index (χ1n) is 4.97. The van der Waals surface area contributed by atoms with Crippen molar-refractivity contribution in [2.45, 2.75) is 33.7 Å². The Labute approximate surface area is 90.2 Å². The molecule has 1 aromatic rings. The predicted octanol–water partition coefficient (Wildman–Crippen LogP) is 2.80. The van der Waals surface area contributed by atoms with Gasteiger partial charge in [-0.15, -0.1) is 0 Å². The molecule has 0 aromatic carbocycles. The summed E-state index contributed by atoms with van der Waals surface area (Å²) in [5, 5.41) is 4.66. The minimum absolute atomic E-state index is 0.420. The van der Waals surface area contributed by atoms with Crippen LogP contribution in [0.5, 0.6) is 0 Å². The van der Waals surface area contributed by atoms with Crippen molar-refractivity contribution in [2.24, 2.45) is 11.8 Å². The summed E-state index contributed by atoms with van der Waals surface area (Å²) in [7, 11) is 0. The first-order valence-corrected chi connectivity index (χ1v) is 5.35. The molecular weight excluding hydrogens is 198 g/mol. The molecule has 0 radical (unpaired) electrons. The van der Waals surface area contributed by atoms with E-state index in [-0.39, 0.29) is 0 Å². The van der Waals surface area contributed by atoms with Gasteiger partial charge in [0.1, 0.15) is 5.02 Å². The van der Waals surface area contributed by atoms with Crippen molar-refractivity contribution < 1.29 is 0 Å². The van der Waals surface area contributed by atoms with E-state index in [1.807, 2.05) is 4.68 Å². The quantitative estimate of drug-likeness (QED) is 0.840. The van der Waals surface area contributed by atoms with Crippen molar-refractivity contribution in [3.05, 3.63) is 11.2 Å². The van der Waals surface area contributed by atoms with Gasteiger partial charge in [0.05, 0.1) is 0 Å². The van der Waals surface area contributed by atoms with Gasteiger partial charge in [-0.2, -0.15) is 5.10 Å². The van der Waals surface area contributed by atoms with Crippen LogP contribution >= 0.6 is 11.6 Å². The number of halogens is 1. The van der Waals surface area contributed by atoms with Crippen LogP contribution in [0.4, 0.5) is 5.82 Å². The second kappa shape index (κ2) is 4.69. The zero-order valence-electron chi connectivity index (χ0n) is 9.00. The van der Waals surface area contributed by atoms with Crippen LogP contribution in [0.25, 0.3) is 0 Å². The molecule has 1 heterocycles. The van der Waals surface area contributed by atoms with Crippen LogP contribution in [0.3, 0.4) is 0 Å². The molecule has 0 amide bonds. The van der Waals surface area contributed by atoms with Crippen LogP contribution in [0.15, 0.2) is 6.20 Å². The van der Waals surface area contributed by atoms with E-state index < -0.39 is 0 Å². The summed E-state index contributed by atoms with van der Waals surface area (Å²) in [5.74, 6) is 1.74. The van der Waals surface area contributed by atoms with Crippen molar-refractivity contribution in [1.29, 1.82) is 0 Å². The molecule has 14 heavy (non-hydrogen) atoms. The van der Waals surface area contributed by atoms with Gasteiger partial charge in [0.2, 0.25) is 0 Å². The maximum Gasteiger partial charge on any atom is 0.164 e. The van der Waals surface area contributed by atoms with E-state index in [2.05, 4.69) is 25.9 Å². The van der Waals surface area contributed by atoms with Gasteiger partial charge in [-0.1, -0.05) is 32.4 Å². The number of nitrogen functional groups attached to an aromatic ring is 1. The van der Waals surface area contributed by atoms with E-state index in [9.17, 15) is 0 Å². The molecule has 0 aliphatic rings. The number of rotatable bonds is 4. The Morgan fingerprint density at radius 3 is 2.57 bits per heavy atom. The molecule has 0 bridgehead atoms. The van der Waals surface area contributed by atoms with E-state index in [1.165, 1.54) is 6.42 Å². The lowest BCUT2D eigenvalue weighted by Gasteiger charge is -2.13. The summed E-state index contributed by atoms with van der Waals surface area (Å²) in [5.41, 5.74) is 5.55. The van der Waals surface area contributed by atoms with Crippen molar-refractivity contribution >= 4 is 17.4 Å². The zero-order chi connectivity index (χ0) is 10.7. The average Bonchev–Trinajstić information content (AvgIpc) is 2.28. The van der Waals surface area contributed by atoms with Crippen LogP contribution in [0.2, 0.25) is 5.02 Å². The second-order valence-electron chi connectivity index (χ2n) is 4.32. The molecule has 0 saturated heterocycles. The Kier molecular flexibility index (Phi) is 3.81. The minimum atomic E-state index is 0.420. The normalized spacial score (nSPS) is 13.5. The predicted molar refractivity (Wildman–Crippen MR) is 60.3 cm³/mol. The third-order valence-corrected chi connectivity index (χ3v) is 2.41. The first kappa shape index (κ1) is 11.4. The summed E-state index contributed by atoms with van der Waals surface area (Å²) in [6.07, 6.45) is 2.98. The Morgan fingerprint density at radius 1 is 1.50 bits per heavy atom. The molecule has 1 unspecified atom stereocenters. The highest BCUT2D eigenvalue weighted by molar-refractivity contribution is 6.32. The summed E-state index contributed by atoms with van der Waals surface area (Å²) in [4.78, 5) is 0. The number of hydrogen-bond acceptors (Lipinski definition) is 2. The number of nitrogens with two attached hydrogens (primary N) is 1. The molecule has 1 atom stereocenters. The fraction of sp³-hybridized carbons (Fsp3) is 0.700. The van der Waals surface area contributed by atoms with Crippen LogP contribution < -0.4 is 5.73 Å². The Hall–Kier alpha value is -0.700.